The Kier molecular flexibility index (Phi) is 7.29. The molecule has 0 unspecified atom stereocenters. The second kappa shape index (κ2) is 13.1. The number of hydrogen-bond donors (Lipinski definition) is 0. The van der Waals surface area contributed by atoms with E-state index in [0.29, 0.717) is 0 Å². The predicted molar refractivity (Wildman–Crippen MR) is 273 cm³/mol. The molecule has 0 N–H and O–H groups in total. The van der Waals surface area contributed by atoms with Crippen LogP contribution in [0.1, 0.15) is 25.0 Å². The average molecular weight is 813 g/mol. The molecule has 0 fully saturated rings. The van der Waals surface area contributed by atoms with Crippen LogP contribution in [-0.2, 0) is 5.41 Å². The second-order valence-electron chi connectivity index (χ2n) is 18.5. The Morgan fingerprint density at radius 1 is 0.344 bits per heavy atom. The molecule has 0 saturated heterocycles. The summed E-state index contributed by atoms with van der Waals surface area (Å²) in [7, 11) is 0. The molecular formula is C61H41BN2. The predicted octanol–water partition coefficient (Wildman–Crippen LogP) is 14.4. The summed E-state index contributed by atoms with van der Waals surface area (Å²) in [5.74, 6) is 0. The number of para-hydroxylation sites is 2. The van der Waals surface area contributed by atoms with Crippen molar-refractivity contribution in [3.8, 4) is 22.3 Å². The van der Waals surface area contributed by atoms with Crippen molar-refractivity contribution in [1.82, 2.24) is 0 Å². The maximum atomic E-state index is 2.55. The van der Waals surface area contributed by atoms with E-state index in [0.717, 1.165) is 11.4 Å². The quantitative estimate of drug-likeness (QED) is 0.130. The van der Waals surface area contributed by atoms with Crippen LogP contribution in [-0.4, -0.2) is 6.71 Å². The monoisotopic (exact) mass is 812 g/mol. The van der Waals surface area contributed by atoms with Crippen molar-refractivity contribution in [3.05, 3.63) is 223 Å². The lowest BCUT2D eigenvalue weighted by Gasteiger charge is -2.44. The van der Waals surface area contributed by atoms with Gasteiger partial charge in [0.05, 0.1) is 0 Å². The van der Waals surface area contributed by atoms with Crippen LogP contribution in [0.25, 0.3) is 65.3 Å². The van der Waals surface area contributed by atoms with E-state index < -0.39 is 0 Å². The van der Waals surface area contributed by atoms with Crippen molar-refractivity contribution >= 4 is 100 Å². The van der Waals surface area contributed by atoms with Gasteiger partial charge < -0.3 is 9.80 Å². The standard InChI is InChI=1S/C61H41BN2/c1-61(2)52-24-14-13-23-48(52)51-31-40(29-30-53(51)61)43-34-58-60-59(35-43)64(45-19-7-4-8-20-45)57-33-42-28-26-39-16-10-12-22-47(39)50(42)37-55(57)62(60)54-36-49-41(27-25-38-15-9-11-21-46(38)49)32-56(54)63(58)44-17-5-3-6-18-44/h3-37H,1-2H3. The Hall–Kier alpha value is -7.88. The molecule has 3 aliphatic rings. The highest BCUT2D eigenvalue weighted by Gasteiger charge is 2.44. The molecule has 64 heavy (non-hydrogen) atoms. The van der Waals surface area contributed by atoms with Crippen LogP contribution in [0.5, 0.6) is 0 Å². The van der Waals surface area contributed by atoms with Gasteiger partial charge in [-0.25, -0.2) is 0 Å². The van der Waals surface area contributed by atoms with Gasteiger partial charge in [-0.2, -0.15) is 0 Å². The van der Waals surface area contributed by atoms with Gasteiger partial charge in [0.1, 0.15) is 0 Å². The molecule has 0 amide bonds. The third-order valence-electron chi connectivity index (χ3n) is 14.7. The molecule has 0 saturated carbocycles. The molecule has 298 valence electrons. The zero-order chi connectivity index (χ0) is 42.3. The van der Waals surface area contributed by atoms with E-state index >= 15 is 0 Å². The number of anilines is 6. The number of hydrogen-bond acceptors (Lipinski definition) is 2. The molecule has 1 aliphatic carbocycles. The van der Waals surface area contributed by atoms with Gasteiger partial charge in [-0.3, -0.25) is 0 Å². The lowest BCUT2D eigenvalue weighted by molar-refractivity contribution is 0.660. The van der Waals surface area contributed by atoms with Crippen LogP contribution in [0.4, 0.5) is 34.1 Å². The van der Waals surface area contributed by atoms with E-state index in [9.17, 15) is 0 Å². The van der Waals surface area contributed by atoms with Crippen LogP contribution < -0.4 is 26.2 Å². The largest absolute Gasteiger partial charge is 0.311 e. The summed E-state index contributed by atoms with van der Waals surface area (Å²) in [6.07, 6.45) is 0. The first-order chi connectivity index (χ1) is 31.5. The first kappa shape index (κ1) is 35.7. The molecule has 0 bridgehead atoms. The molecular weight excluding hydrogens is 771 g/mol. The van der Waals surface area contributed by atoms with Crippen molar-refractivity contribution in [1.29, 1.82) is 0 Å². The Morgan fingerprint density at radius 2 is 0.828 bits per heavy atom. The van der Waals surface area contributed by atoms with Crippen LogP contribution >= 0.6 is 0 Å². The SMILES string of the molecule is CC1(C)c2ccccc2-c2cc(-c3cc4c5c(c3)N(c3ccccc3)c3cc6ccc7ccccc7c6cc3B5c3cc5c(ccc6ccccc65)cc3N4c3ccccc3)ccc21. The maximum absolute atomic E-state index is 2.55. The number of fused-ring (bicyclic) bond motifs is 13. The van der Waals surface area contributed by atoms with Gasteiger partial charge in [0, 0.05) is 39.5 Å². The second-order valence-corrected chi connectivity index (χ2v) is 18.5. The maximum Gasteiger partial charge on any atom is 0.252 e. The van der Waals surface area contributed by atoms with Crippen molar-refractivity contribution in [2.24, 2.45) is 0 Å². The third kappa shape index (κ3) is 4.92. The molecule has 11 aromatic rings. The molecule has 14 rings (SSSR count). The lowest BCUT2D eigenvalue weighted by Crippen LogP contribution is -2.61. The lowest BCUT2D eigenvalue weighted by atomic mass is 9.33. The molecule has 2 heterocycles. The van der Waals surface area contributed by atoms with E-state index in [4.69, 9.17) is 0 Å². The molecule has 3 heteroatoms. The molecule has 11 aromatic carbocycles. The Balaban J connectivity index is 1.13. The Labute approximate surface area is 373 Å². The molecule has 0 aromatic heterocycles. The Morgan fingerprint density at radius 3 is 1.41 bits per heavy atom. The summed E-state index contributed by atoms with van der Waals surface area (Å²) in [6, 6.07) is 80.1. The molecule has 0 radical (unpaired) electrons. The highest BCUT2D eigenvalue weighted by Crippen LogP contribution is 2.51. The van der Waals surface area contributed by atoms with E-state index in [1.54, 1.807) is 0 Å². The molecule has 2 aliphatic heterocycles. The summed E-state index contributed by atoms with van der Waals surface area (Å²) in [5.41, 5.74) is 18.9. The number of rotatable bonds is 3. The highest BCUT2D eigenvalue weighted by atomic mass is 15.2. The van der Waals surface area contributed by atoms with Crippen molar-refractivity contribution < 1.29 is 0 Å². The van der Waals surface area contributed by atoms with Gasteiger partial charge in [-0.05, 0) is 147 Å². The first-order valence-electron chi connectivity index (χ1n) is 22.5. The van der Waals surface area contributed by atoms with E-state index in [-0.39, 0.29) is 12.1 Å². The summed E-state index contributed by atoms with van der Waals surface area (Å²) in [5, 5.41) is 10.1. The van der Waals surface area contributed by atoms with Crippen molar-refractivity contribution in [2.75, 3.05) is 9.80 Å². The van der Waals surface area contributed by atoms with Gasteiger partial charge in [-0.1, -0.05) is 172 Å². The van der Waals surface area contributed by atoms with Crippen LogP contribution in [0.2, 0.25) is 0 Å². The van der Waals surface area contributed by atoms with E-state index in [1.807, 2.05) is 0 Å². The normalized spacial score (nSPS) is 14.1. The first-order valence-corrected chi connectivity index (χ1v) is 22.5. The fourth-order valence-electron chi connectivity index (χ4n) is 11.8. The zero-order valence-electron chi connectivity index (χ0n) is 35.7. The molecule has 0 atom stereocenters. The van der Waals surface area contributed by atoms with Crippen LogP contribution in [0, 0.1) is 0 Å². The summed E-state index contributed by atoms with van der Waals surface area (Å²) in [4.78, 5) is 5.11. The fraction of sp³-hybridized carbons (Fsp3) is 0.0492. The molecule has 0 spiro atoms. The van der Waals surface area contributed by atoms with Gasteiger partial charge in [0.2, 0.25) is 0 Å². The van der Waals surface area contributed by atoms with Gasteiger partial charge in [0.25, 0.3) is 6.71 Å². The van der Waals surface area contributed by atoms with Gasteiger partial charge in [0.15, 0.2) is 0 Å². The van der Waals surface area contributed by atoms with Gasteiger partial charge >= 0.3 is 0 Å². The topological polar surface area (TPSA) is 6.48 Å². The summed E-state index contributed by atoms with van der Waals surface area (Å²) < 4.78 is 0. The van der Waals surface area contributed by atoms with Crippen LogP contribution in [0.3, 0.4) is 0 Å². The smallest absolute Gasteiger partial charge is 0.252 e. The Bertz CT molecular complexity index is 3590. The average Bonchev–Trinajstić information content (AvgIpc) is 3.58. The number of benzene rings is 11. The fourth-order valence-corrected chi connectivity index (χ4v) is 11.8. The van der Waals surface area contributed by atoms with Gasteiger partial charge in [-0.15, -0.1) is 0 Å². The van der Waals surface area contributed by atoms with Crippen LogP contribution in [0.15, 0.2) is 212 Å². The summed E-state index contributed by atoms with van der Waals surface area (Å²) in [6.45, 7) is 4.69. The minimum atomic E-state index is -0.0661. The minimum absolute atomic E-state index is 0.0385. The number of nitrogens with zero attached hydrogens (tertiary/aromatic N) is 2. The highest BCUT2D eigenvalue weighted by molar-refractivity contribution is 7.00. The van der Waals surface area contributed by atoms with Crippen molar-refractivity contribution in [3.63, 3.8) is 0 Å². The summed E-state index contributed by atoms with van der Waals surface area (Å²) >= 11 is 0. The minimum Gasteiger partial charge on any atom is -0.311 e. The van der Waals surface area contributed by atoms with E-state index in [1.165, 1.54) is 116 Å². The third-order valence-corrected chi connectivity index (χ3v) is 14.7. The zero-order valence-corrected chi connectivity index (χ0v) is 35.7. The van der Waals surface area contributed by atoms with E-state index in [2.05, 4.69) is 236 Å². The molecule has 2 nitrogen and oxygen atoms in total. The van der Waals surface area contributed by atoms with Crippen molar-refractivity contribution in [2.45, 2.75) is 19.3 Å².